The molecule has 0 radical (unpaired) electrons. The number of nitrogens with zero attached hydrogens (tertiary/aromatic N) is 1. The summed E-state index contributed by atoms with van der Waals surface area (Å²) in [4.78, 5) is 30.0. The number of ketones is 2. The van der Waals surface area contributed by atoms with Gasteiger partial charge >= 0.3 is 0 Å². The largest absolute Gasteiger partial charge is 0.507 e. The number of likely N-dealkylation sites (N-methyl/N-ethyl adjacent to an activating group) is 1. The van der Waals surface area contributed by atoms with Crippen LogP contribution in [-0.2, 0) is 28.4 Å². The SMILES string of the molecule is CC[C@@]1(O)C[C@H](O[C@H]2C[C@H](N)[C@H](O[C@H]3CC[C@H](O)[C@H](C)O3)[C@H](C)O2)c2c(O)c3c(c(O)c2[C@H]1O[C@@H]1CC(N(C)C)[C@@H](O)[C@@H](C)O1)C(=O)c1cccc(O)c1C3=O. The molecule has 16 heteroatoms. The number of benzene rings is 2. The minimum Gasteiger partial charge on any atom is -0.507 e. The number of rotatable bonds is 8. The highest BCUT2D eigenvalue weighted by molar-refractivity contribution is 6.31. The van der Waals surface area contributed by atoms with E-state index in [1.807, 2.05) is 19.0 Å². The van der Waals surface area contributed by atoms with Crippen molar-refractivity contribution in [2.75, 3.05) is 14.1 Å². The molecule has 56 heavy (non-hydrogen) atoms. The standard InChI is InChI=1S/C40H54N2O14/c1-7-40(50)15-24(54-26-13-20(41)38(18(4)53-26)55-25-12-11-22(43)16(2)51-25)29-32(39(40)56-27-14-21(42(5)6)33(45)17(3)52-27)37(49)30-31(36(29)48)35(47)28-19(34(30)46)9-8-10-23(28)44/h8-10,16-18,20-22,24-27,33,38-39,43-45,48-50H,7,11-15,41H2,1-6H3/t16-,17+,18-,20-,21?,22-,24-,25-,26-,27+,33-,38+,39+,40+/m0/s1. The topological polar surface area (TPSA) is 240 Å². The summed E-state index contributed by atoms with van der Waals surface area (Å²) in [5.74, 6) is -3.57. The number of aliphatic hydroxyl groups excluding tert-OH is 2. The highest BCUT2D eigenvalue weighted by Crippen LogP contribution is 2.58. The molecule has 14 atom stereocenters. The number of aromatic hydroxyl groups is 3. The van der Waals surface area contributed by atoms with Crippen LogP contribution in [0.1, 0.15) is 121 Å². The molecule has 8 N–H and O–H groups in total. The molecule has 0 spiro atoms. The quantitative estimate of drug-likeness (QED) is 0.162. The average Bonchev–Trinajstić information content (AvgIpc) is 3.13. The Bertz CT molecular complexity index is 1830. The number of nitrogens with two attached hydrogens (primary N) is 1. The summed E-state index contributed by atoms with van der Waals surface area (Å²) in [6.45, 7) is 6.93. The van der Waals surface area contributed by atoms with Gasteiger partial charge in [-0.25, -0.2) is 0 Å². The van der Waals surface area contributed by atoms with E-state index < -0.39 is 125 Å². The van der Waals surface area contributed by atoms with Crippen molar-refractivity contribution in [3.8, 4) is 17.2 Å². The van der Waals surface area contributed by atoms with Gasteiger partial charge in [-0.3, -0.25) is 9.59 Å². The minimum absolute atomic E-state index is 0.0473. The number of fused-ring (bicyclic) bond motifs is 3. The van der Waals surface area contributed by atoms with Crippen molar-refractivity contribution < 1.29 is 68.6 Å². The fourth-order valence-electron chi connectivity index (χ4n) is 9.02. The Kier molecular flexibility index (Phi) is 11.3. The maximum Gasteiger partial charge on any atom is 0.202 e. The van der Waals surface area contributed by atoms with E-state index in [1.165, 1.54) is 18.2 Å². The third-order valence-electron chi connectivity index (χ3n) is 12.3. The molecule has 0 bridgehead atoms. The van der Waals surface area contributed by atoms with Crippen LogP contribution >= 0.6 is 0 Å². The summed E-state index contributed by atoms with van der Waals surface area (Å²) < 4.78 is 37.5. The van der Waals surface area contributed by atoms with Gasteiger partial charge in [0.1, 0.15) is 29.5 Å². The van der Waals surface area contributed by atoms with Crippen LogP contribution in [0.3, 0.4) is 0 Å². The molecular formula is C40H54N2O14. The fourth-order valence-corrected chi connectivity index (χ4v) is 9.02. The van der Waals surface area contributed by atoms with Crippen LogP contribution in [0.4, 0.5) is 0 Å². The second kappa shape index (κ2) is 15.5. The van der Waals surface area contributed by atoms with Gasteiger partial charge in [-0.1, -0.05) is 19.1 Å². The van der Waals surface area contributed by atoms with Gasteiger partial charge < -0.3 is 69.7 Å². The first-order chi connectivity index (χ1) is 26.4. The highest BCUT2D eigenvalue weighted by atomic mass is 16.7. The highest BCUT2D eigenvalue weighted by Gasteiger charge is 2.54. The zero-order chi connectivity index (χ0) is 40.5. The lowest BCUT2D eigenvalue weighted by Crippen LogP contribution is -2.56. The maximum atomic E-state index is 14.1. The van der Waals surface area contributed by atoms with Crippen LogP contribution in [0.2, 0.25) is 0 Å². The molecule has 2 aliphatic carbocycles. The summed E-state index contributed by atoms with van der Waals surface area (Å²) in [6, 6.07) is 2.96. The van der Waals surface area contributed by atoms with Crippen molar-refractivity contribution in [3.05, 3.63) is 51.6 Å². The van der Waals surface area contributed by atoms with Gasteiger partial charge in [0.25, 0.3) is 0 Å². The Morgan fingerprint density at radius 1 is 0.821 bits per heavy atom. The van der Waals surface area contributed by atoms with Gasteiger partial charge in [0.05, 0.1) is 58.9 Å². The number of ether oxygens (including phenoxy) is 6. The second-order valence-corrected chi connectivity index (χ2v) is 16.1. The van der Waals surface area contributed by atoms with E-state index in [9.17, 15) is 40.2 Å². The second-order valence-electron chi connectivity index (χ2n) is 16.1. The Hall–Kier alpha value is -3.26. The van der Waals surface area contributed by atoms with E-state index in [2.05, 4.69) is 0 Å². The Balaban J connectivity index is 1.27. The van der Waals surface area contributed by atoms with Crippen molar-refractivity contribution in [1.82, 2.24) is 4.90 Å². The summed E-state index contributed by atoms with van der Waals surface area (Å²) in [7, 11) is 3.61. The molecule has 3 fully saturated rings. The number of phenolic OH excluding ortho intramolecular Hbond substituents is 3. The van der Waals surface area contributed by atoms with E-state index in [4.69, 9.17) is 34.2 Å². The van der Waals surface area contributed by atoms with Crippen LogP contribution in [0.15, 0.2) is 18.2 Å². The molecule has 2 aromatic carbocycles. The zero-order valence-electron chi connectivity index (χ0n) is 32.5. The number of hydrogen-bond acceptors (Lipinski definition) is 16. The van der Waals surface area contributed by atoms with Gasteiger partial charge in [0.15, 0.2) is 24.7 Å². The molecular weight excluding hydrogens is 732 g/mol. The lowest BCUT2D eigenvalue weighted by atomic mass is 9.70. The molecule has 3 heterocycles. The van der Waals surface area contributed by atoms with E-state index in [-0.39, 0.29) is 47.9 Å². The predicted octanol–water partition coefficient (Wildman–Crippen LogP) is 2.40. The molecule has 0 amide bonds. The molecule has 3 saturated heterocycles. The zero-order valence-corrected chi connectivity index (χ0v) is 32.5. The average molecular weight is 787 g/mol. The fraction of sp³-hybridized carbons (Fsp3) is 0.650. The third kappa shape index (κ3) is 7.02. The van der Waals surface area contributed by atoms with Crippen LogP contribution < -0.4 is 5.73 Å². The molecule has 0 aromatic heterocycles. The number of carbonyl (C=O) groups is 2. The molecule has 16 nitrogen and oxygen atoms in total. The van der Waals surface area contributed by atoms with Crippen molar-refractivity contribution >= 4 is 11.6 Å². The minimum atomic E-state index is -1.81. The normalized spacial score (nSPS) is 38.6. The van der Waals surface area contributed by atoms with Gasteiger partial charge in [-0.2, -0.15) is 0 Å². The van der Waals surface area contributed by atoms with Gasteiger partial charge in [-0.05, 0) is 53.8 Å². The molecule has 5 aliphatic rings. The first-order valence-corrected chi connectivity index (χ1v) is 19.4. The number of aliphatic hydroxyl groups is 3. The van der Waals surface area contributed by atoms with Gasteiger partial charge in [0, 0.05) is 54.5 Å². The van der Waals surface area contributed by atoms with Crippen LogP contribution in [-0.4, -0.2) is 134 Å². The van der Waals surface area contributed by atoms with E-state index in [1.54, 1.807) is 27.7 Å². The van der Waals surface area contributed by atoms with E-state index in [0.29, 0.717) is 12.8 Å². The summed E-state index contributed by atoms with van der Waals surface area (Å²) in [6.07, 6.45) is -7.98. The Labute approximate surface area is 325 Å². The van der Waals surface area contributed by atoms with E-state index >= 15 is 0 Å². The Morgan fingerprint density at radius 2 is 1.46 bits per heavy atom. The lowest BCUT2D eigenvalue weighted by molar-refractivity contribution is -0.301. The molecule has 308 valence electrons. The summed E-state index contributed by atoms with van der Waals surface area (Å²) in [5.41, 5.74) is 3.03. The molecule has 1 unspecified atom stereocenters. The lowest BCUT2D eigenvalue weighted by Gasteiger charge is -2.48. The van der Waals surface area contributed by atoms with Crippen molar-refractivity contribution in [3.63, 3.8) is 0 Å². The maximum absolute atomic E-state index is 14.1. The monoisotopic (exact) mass is 786 g/mol. The molecule has 3 aliphatic heterocycles. The first kappa shape index (κ1) is 40.9. The molecule has 0 saturated carbocycles. The van der Waals surface area contributed by atoms with Crippen molar-refractivity contribution in [2.45, 2.75) is 152 Å². The molecule has 7 rings (SSSR count). The third-order valence-corrected chi connectivity index (χ3v) is 12.3. The molecule has 2 aromatic rings. The van der Waals surface area contributed by atoms with Crippen LogP contribution in [0.25, 0.3) is 0 Å². The van der Waals surface area contributed by atoms with Crippen LogP contribution in [0.5, 0.6) is 17.2 Å². The van der Waals surface area contributed by atoms with Gasteiger partial charge in [0.2, 0.25) is 5.78 Å². The summed E-state index contributed by atoms with van der Waals surface area (Å²) >= 11 is 0. The summed E-state index contributed by atoms with van der Waals surface area (Å²) in [5, 5.41) is 68.5. The van der Waals surface area contributed by atoms with Crippen LogP contribution in [0, 0.1) is 0 Å². The number of carbonyl (C=O) groups excluding carboxylic acids is 2. The first-order valence-electron chi connectivity index (χ1n) is 19.4. The van der Waals surface area contributed by atoms with Gasteiger partial charge in [-0.15, -0.1) is 0 Å². The smallest absolute Gasteiger partial charge is 0.202 e. The predicted molar refractivity (Wildman–Crippen MR) is 196 cm³/mol. The van der Waals surface area contributed by atoms with E-state index in [0.717, 1.165) is 0 Å². The number of phenols is 3. The number of hydrogen-bond donors (Lipinski definition) is 7. The Morgan fingerprint density at radius 3 is 2.12 bits per heavy atom. The van der Waals surface area contributed by atoms with Crippen molar-refractivity contribution in [2.24, 2.45) is 5.73 Å². The van der Waals surface area contributed by atoms with Crippen molar-refractivity contribution in [1.29, 1.82) is 0 Å².